The maximum Gasteiger partial charge on any atom is 0.230 e. The lowest BCUT2D eigenvalue weighted by molar-refractivity contribution is -0.123. The SMILES string of the molecule is CN(C)C(CNC(=O)C1(c2ccc(Br)cc2)CC1)c1cccs1. The van der Waals surface area contributed by atoms with Crippen LogP contribution in [0.1, 0.15) is 29.3 Å². The Morgan fingerprint density at radius 1 is 1.30 bits per heavy atom. The van der Waals surface area contributed by atoms with Gasteiger partial charge in [0.05, 0.1) is 11.5 Å². The molecule has 1 aliphatic carbocycles. The number of carbonyl (C=O) groups is 1. The van der Waals surface area contributed by atoms with Gasteiger partial charge in [-0.2, -0.15) is 0 Å². The number of amides is 1. The summed E-state index contributed by atoms with van der Waals surface area (Å²) in [5.41, 5.74) is 0.809. The lowest BCUT2D eigenvalue weighted by Gasteiger charge is -2.25. The highest BCUT2D eigenvalue weighted by Crippen LogP contribution is 2.48. The second-order valence-electron chi connectivity index (χ2n) is 6.29. The summed E-state index contributed by atoms with van der Waals surface area (Å²) >= 11 is 5.19. The number of halogens is 1. The van der Waals surface area contributed by atoms with Crippen LogP contribution in [-0.2, 0) is 10.2 Å². The highest BCUT2D eigenvalue weighted by Gasteiger charge is 2.51. The van der Waals surface area contributed by atoms with Crippen molar-refractivity contribution < 1.29 is 4.79 Å². The van der Waals surface area contributed by atoms with Crippen molar-refractivity contribution in [2.45, 2.75) is 24.3 Å². The van der Waals surface area contributed by atoms with Crippen LogP contribution in [0.4, 0.5) is 0 Å². The smallest absolute Gasteiger partial charge is 0.230 e. The van der Waals surface area contributed by atoms with E-state index in [1.807, 2.05) is 12.1 Å². The molecule has 3 rings (SSSR count). The molecule has 1 fully saturated rings. The molecule has 1 aliphatic rings. The number of carbonyl (C=O) groups excluding carboxylic acids is 1. The molecule has 1 unspecified atom stereocenters. The summed E-state index contributed by atoms with van der Waals surface area (Å²) in [7, 11) is 4.11. The van der Waals surface area contributed by atoms with E-state index in [1.54, 1.807) is 11.3 Å². The number of hydrogen-bond acceptors (Lipinski definition) is 3. The van der Waals surface area contributed by atoms with Gasteiger partial charge in [0.15, 0.2) is 0 Å². The van der Waals surface area contributed by atoms with Gasteiger partial charge in [0.1, 0.15) is 0 Å². The minimum atomic E-state index is -0.312. The van der Waals surface area contributed by atoms with E-state index in [0.717, 1.165) is 22.9 Å². The average molecular weight is 393 g/mol. The zero-order valence-electron chi connectivity index (χ0n) is 13.4. The van der Waals surface area contributed by atoms with E-state index < -0.39 is 0 Å². The predicted molar refractivity (Wildman–Crippen MR) is 98.8 cm³/mol. The second kappa shape index (κ2) is 6.75. The molecule has 1 amide bonds. The zero-order chi connectivity index (χ0) is 16.4. The standard InChI is InChI=1S/C18H21BrN2OS/c1-21(2)15(16-4-3-11-23-16)12-20-17(22)18(9-10-18)13-5-7-14(19)8-6-13/h3-8,11,15H,9-10,12H2,1-2H3,(H,20,22). The van der Waals surface area contributed by atoms with Gasteiger partial charge in [-0.25, -0.2) is 0 Å². The van der Waals surface area contributed by atoms with Crippen LogP contribution in [0, 0.1) is 0 Å². The van der Waals surface area contributed by atoms with Gasteiger partial charge in [-0.3, -0.25) is 4.79 Å². The first kappa shape index (κ1) is 16.7. The monoisotopic (exact) mass is 392 g/mol. The Labute approximate surface area is 149 Å². The van der Waals surface area contributed by atoms with Crippen molar-refractivity contribution in [3.63, 3.8) is 0 Å². The van der Waals surface area contributed by atoms with Gasteiger partial charge in [0.2, 0.25) is 5.91 Å². The highest BCUT2D eigenvalue weighted by atomic mass is 79.9. The first-order chi connectivity index (χ1) is 11.0. The molecule has 0 spiro atoms. The molecule has 0 saturated heterocycles. The molecule has 1 N–H and O–H groups in total. The minimum Gasteiger partial charge on any atom is -0.353 e. The van der Waals surface area contributed by atoms with Crippen LogP contribution in [0.2, 0.25) is 0 Å². The van der Waals surface area contributed by atoms with Gasteiger partial charge in [0, 0.05) is 15.9 Å². The number of rotatable bonds is 6. The molecule has 0 aliphatic heterocycles. The van der Waals surface area contributed by atoms with Crippen LogP contribution in [0.25, 0.3) is 0 Å². The zero-order valence-corrected chi connectivity index (χ0v) is 15.8. The van der Waals surface area contributed by atoms with Gasteiger partial charge >= 0.3 is 0 Å². The summed E-state index contributed by atoms with van der Waals surface area (Å²) in [6, 6.07) is 12.5. The van der Waals surface area contributed by atoms with Crippen LogP contribution < -0.4 is 5.32 Å². The number of nitrogens with one attached hydrogen (secondary N) is 1. The number of benzene rings is 1. The van der Waals surface area contributed by atoms with Gasteiger partial charge in [-0.15, -0.1) is 11.3 Å². The summed E-state index contributed by atoms with van der Waals surface area (Å²) in [6.07, 6.45) is 1.87. The van der Waals surface area contributed by atoms with E-state index in [1.165, 1.54) is 4.88 Å². The van der Waals surface area contributed by atoms with Crippen molar-refractivity contribution in [2.75, 3.05) is 20.6 Å². The Morgan fingerprint density at radius 3 is 2.52 bits per heavy atom. The molecule has 122 valence electrons. The molecule has 1 saturated carbocycles. The number of hydrogen-bond donors (Lipinski definition) is 1. The third-order valence-electron chi connectivity index (χ3n) is 4.53. The van der Waals surface area contributed by atoms with E-state index in [0.29, 0.717) is 6.54 Å². The quantitative estimate of drug-likeness (QED) is 0.806. The molecule has 5 heteroatoms. The molecule has 1 aromatic heterocycles. The molecular formula is C18H21BrN2OS. The Balaban J connectivity index is 1.68. The molecule has 1 aromatic carbocycles. The molecule has 23 heavy (non-hydrogen) atoms. The van der Waals surface area contributed by atoms with Crippen molar-refractivity contribution in [1.29, 1.82) is 0 Å². The molecule has 0 bridgehead atoms. The van der Waals surface area contributed by atoms with Crippen LogP contribution in [0.15, 0.2) is 46.3 Å². The molecule has 2 aromatic rings. The fourth-order valence-electron chi connectivity index (χ4n) is 2.92. The van der Waals surface area contributed by atoms with Crippen molar-refractivity contribution in [3.8, 4) is 0 Å². The number of likely N-dealkylation sites (N-methyl/N-ethyl adjacent to an activating group) is 1. The average Bonchev–Trinajstić information content (AvgIpc) is 3.17. The van der Waals surface area contributed by atoms with E-state index in [4.69, 9.17) is 0 Å². The minimum absolute atomic E-state index is 0.156. The van der Waals surface area contributed by atoms with Crippen LogP contribution in [-0.4, -0.2) is 31.4 Å². The second-order valence-corrected chi connectivity index (χ2v) is 8.19. The third kappa shape index (κ3) is 3.52. The number of nitrogens with zero attached hydrogens (tertiary/aromatic N) is 1. The molecule has 3 nitrogen and oxygen atoms in total. The Hall–Kier alpha value is -1.17. The van der Waals surface area contributed by atoms with E-state index in [9.17, 15) is 4.79 Å². The van der Waals surface area contributed by atoms with Crippen LogP contribution in [0.3, 0.4) is 0 Å². The first-order valence-electron chi connectivity index (χ1n) is 7.77. The van der Waals surface area contributed by atoms with E-state index in [2.05, 4.69) is 69.9 Å². The lowest BCUT2D eigenvalue weighted by Crippen LogP contribution is -2.39. The van der Waals surface area contributed by atoms with Gasteiger partial charge in [-0.05, 0) is 56.1 Å². The van der Waals surface area contributed by atoms with E-state index in [-0.39, 0.29) is 17.4 Å². The summed E-state index contributed by atoms with van der Waals surface area (Å²) in [6.45, 7) is 0.643. The van der Waals surface area contributed by atoms with Crippen molar-refractivity contribution in [2.24, 2.45) is 0 Å². The molecule has 1 heterocycles. The predicted octanol–water partition coefficient (Wildman–Crippen LogP) is 3.96. The van der Waals surface area contributed by atoms with Gasteiger partial charge in [-0.1, -0.05) is 34.1 Å². The largest absolute Gasteiger partial charge is 0.353 e. The fraction of sp³-hybridized carbons (Fsp3) is 0.389. The first-order valence-corrected chi connectivity index (χ1v) is 9.44. The van der Waals surface area contributed by atoms with Crippen molar-refractivity contribution >= 4 is 33.2 Å². The third-order valence-corrected chi connectivity index (χ3v) is 6.03. The highest BCUT2D eigenvalue weighted by molar-refractivity contribution is 9.10. The maximum absolute atomic E-state index is 12.8. The topological polar surface area (TPSA) is 32.3 Å². The van der Waals surface area contributed by atoms with Gasteiger partial charge in [0.25, 0.3) is 0 Å². The summed E-state index contributed by atoms with van der Waals surface area (Å²) in [5.74, 6) is 0.156. The van der Waals surface area contributed by atoms with Crippen LogP contribution in [0.5, 0.6) is 0 Å². The normalized spacial score (nSPS) is 17.0. The summed E-state index contributed by atoms with van der Waals surface area (Å²) in [4.78, 5) is 16.2. The van der Waals surface area contributed by atoms with Crippen molar-refractivity contribution in [1.82, 2.24) is 10.2 Å². The van der Waals surface area contributed by atoms with Crippen molar-refractivity contribution in [3.05, 3.63) is 56.7 Å². The van der Waals surface area contributed by atoms with Crippen LogP contribution >= 0.6 is 27.3 Å². The molecular weight excluding hydrogens is 372 g/mol. The Morgan fingerprint density at radius 2 is 2.00 bits per heavy atom. The summed E-state index contributed by atoms with van der Waals surface area (Å²) in [5, 5.41) is 5.26. The molecule has 0 radical (unpaired) electrons. The Bertz CT molecular complexity index is 663. The fourth-order valence-corrected chi connectivity index (χ4v) is 4.10. The lowest BCUT2D eigenvalue weighted by atomic mass is 9.95. The Kier molecular flexibility index (Phi) is 4.90. The summed E-state index contributed by atoms with van der Waals surface area (Å²) < 4.78 is 1.04. The number of thiophene rings is 1. The molecule has 1 atom stereocenters. The van der Waals surface area contributed by atoms with E-state index >= 15 is 0 Å². The maximum atomic E-state index is 12.8. The van der Waals surface area contributed by atoms with Gasteiger partial charge < -0.3 is 10.2 Å².